The number of carboxylic acids is 1. The second-order valence-corrected chi connectivity index (χ2v) is 12.4. The number of rotatable bonds is 9. The zero-order valence-electron chi connectivity index (χ0n) is 24.2. The molecule has 3 aromatic rings. The highest BCUT2D eigenvalue weighted by atomic mass is 32.1. The van der Waals surface area contributed by atoms with Crippen LogP contribution in [0.1, 0.15) is 31.0 Å². The van der Waals surface area contributed by atoms with E-state index in [1.807, 2.05) is 19.5 Å². The summed E-state index contributed by atoms with van der Waals surface area (Å²) < 4.78 is 45.8. The molecule has 11 nitrogen and oxygen atoms in total. The third-order valence-electron chi connectivity index (χ3n) is 8.15. The predicted molar refractivity (Wildman–Crippen MR) is 156 cm³/mol. The molecule has 3 aromatic heterocycles. The molecule has 6 rings (SSSR count). The van der Waals surface area contributed by atoms with Gasteiger partial charge in [-0.3, -0.25) is 0 Å². The number of pyridine rings is 1. The largest absolute Gasteiger partial charge is 0.480 e. The minimum atomic E-state index is -2.84. The van der Waals surface area contributed by atoms with E-state index in [-0.39, 0.29) is 25.0 Å². The first-order chi connectivity index (χ1) is 20.6. The highest BCUT2D eigenvalue weighted by Gasteiger charge is 2.50. The smallest absolute Gasteiger partial charge is 0.326 e. The number of thiophene rings is 1. The van der Waals surface area contributed by atoms with E-state index in [1.165, 1.54) is 22.3 Å². The van der Waals surface area contributed by atoms with Crippen molar-refractivity contribution in [2.75, 3.05) is 56.8 Å². The molecule has 3 atom stereocenters. The number of halogens is 2. The van der Waals surface area contributed by atoms with Crippen LogP contribution in [-0.4, -0.2) is 102 Å². The minimum Gasteiger partial charge on any atom is -0.480 e. The summed E-state index contributed by atoms with van der Waals surface area (Å²) in [5, 5.41) is 11.9. The summed E-state index contributed by atoms with van der Waals surface area (Å²) in [5.41, 5.74) is 1.25. The first kappa shape index (κ1) is 29.6. The van der Waals surface area contributed by atoms with E-state index in [1.54, 1.807) is 18.3 Å². The van der Waals surface area contributed by atoms with Gasteiger partial charge in [-0.2, -0.15) is 0 Å². The zero-order chi connectivity index (χ0) is 30.3. The normalized spacial score (nSPS) is 23.3. The van der Waals surface area contributed by atoms with E-state index in [0.29, 0.717) is 49.4 Å². The van der Waals surface area contributed by atoms with E-state index in [0.717, 1.165) is 11.3 Å². The average molecular weight is 617 g/mol. The molecule has 0 unspecified atom stereocenters. The highest BCUT2D eigenvalue weighted by molar-refractivity contribution is 7.13. The van der Waals surface area contributed by atoms with Gasteiger partial charge in [-0.1, -0.05) is 6.07 Å². The van der Waals surface area contributed by atoms with Crippen molar-refractivity contribution >= 4 is 28.9 Å². The molecule has 230 valence electrons. The number of carbonyl (C=O) groups is 1. The number of hydrogen-bond donors (Lipinski definition) is 1. The molecule has 3 saturated heterocycles. The van der Waals surface area contributed by atoms with Gasteiger partial charge in [-0.05, 0) is 50.2 Å². The molecule has 3 aliphatic rings. The summed E-state index contributed by atoms with van der Waals surface area (Å²) in [7, 11) is 3.96. The zero-order valence-corrected chi connectivity index (χ0v) is 25.0. The van der Waals surface area contributed by atoms with Gasteiger partial charge in [-0.15, -0.1) is 11.3 Å². The topological polar surface area (TPSA) is 113 Å². The van der Waals surface area contributed by atoms with Crippen LogP contribution >= 0.6 is 11.3 Å². The van der Waals surface area contributed by atoms with Crippen molar-refractivity contribution in [1.82, 2.24) is 19.9 Å². The second kappa shape index (κ2) is 11.9. The summed E-state index contributed by atoms with van der Waals surface area (Å²) in [6.45, 7) is 5.03. The number of aliphatic carboxylic acids is 1. The van der Waals surface area contributed by atoms with Gasteiger partial charge < -0.3 is 34.0 Å². The van der Waals surface area contributed by atoms with E-state index < -0.39 is 35.8 Å². The molecule has 1 spiro atoms. The summed E-state index contributed by atoms with van der Waals surface area (Å²) in [6, 6.07) is 5.80. The Balaban J connectivity index is 1.31. The Labute approximate surface area is 252 Å². The van der Waals surface area contributed by atoms with Crippen LogP contribution in [0.3, 0.4) is 0 Å². The maximum Gasteiger partial charge on any atom is 0.326 e. The lowest BCUT2D eigenvalue weighted by atomic mass is 9.90. The van der Waals surface area contributed by atoms with Gasteiger partial charge in [0.05, 0.1) is 43.0 Å². The molecule has 0 aliphatic carbocycles. The molecule has 0 radical (unpaired) electrons. The number of morpholine rings is 1. The Morgan fingerprint density at radius 2 is 2.09 bits per heavy atom. The van der Waals surface area contributed by atoms with Crippen LogP contribution in [0.15, 0.2) is 35.8 Å². The summed E-state index contributed by atoms with van der Waals surface area (Å²) in [5.74, 6) is -0.801. The number of carboxylic acid groups (broad SMARTS) is 1. The van der Waals surface area contributed by atoms with Crippen molar-refractivity contribution in [2.24, 2.45) is 0 Å². The number of ether oxygens (including phenoxy) is 3. The fraction of sp³-hybridized carbons (Fsp3) is 0.517. The summed E-state index contributed by atoms with van der Waals surface area (Å²) in [4.78, 5) is 32.0. The van der Waals surface area contributed by atoms with Crippen LogP contribution in [-0.2, 0) is 20.8 Å². The molecule has 6 heterocycles. The molecule has 0 saturated carbocycles. The van der Waals surface area contributed by atoms with Crippen LogP contribution < -0.4 is 14.5 Å². The maximum absolute atomic E-state index is 13.8. The van der Waals surface area contributed by atoms with E-state index >= 15 is 0 Å². The van der Waals surface area contributed by atoms with Crippen LogP contribution in [0.2, 0.25) is 0 Å². The van der Waals surface area contributed by atoms with Gasteiger partial charge in [0.25, 0.3) is 6.43 Å². The lowest BCUT2D eigenvalue weighted by molar-refractivity contribution is -0.228. The maximum atomic E-state index is 13.8. The van der Waals surface area contributed by atoms with Crippen molar-refractivity contribution < 1.29 is 32.9 Å². The van der Waals surface area contributed by atoms with Gasteiger partial charge in [0.1, 0.15) is 29.1 Å². The summed E-state index contributed by atoms with van der Waals surface area (Å²) in [6.07, 6.45) is -1.59. The fourth-order valence-electron chi connectivity index (χ4n) is 5.87. The van der Waals surface area contributed by atoms with E-state index in [9.17, 15) is 18.7 Å². The Morgan fingerprint density at radius 3 is 2.74 bits per heavy atom. The SMILES string of the molecule is C[C@@H]1N(c2cc(CN(C)C)cnc2O[C@H]2C[C@@H](C(=O)O)N(c3nc(-c4cccs4)cc(C(F)F)n3)C2)CCOC12COC2. The van der Waals surface area contributed by atoms with Crippen molar-refractivity contribution in [3.8, 4) is 16.5 Å². The fourth-order valence-corrected chi connectivity index (χ4v) is 6.56. The quantitative estimate of drug-likeness (QED) is 0.380. The average Bonchev–Trinajstić information content (AvgIpc) is 3.64. The molecule has 0 aromatic carbocycles. The molecule has 3 fully saturated rings. The second-order valence-electron chi connectivity index (χ2n) is 11.4. The minimum absolute atomic E-state index is 0.0123. The van der Waals surface area contributed by atoms with Crippen LogP contribution in [0.4, 0.5) is 20.4 Å². The molecule has 43 heavy (non-hydrogen) atoms. The Hall–Kier alpha value is -3.46. The molecular formula is C29H34F2N6O5S. The Bertz CT molecular complexity index is 1460. The lowest BCUT2D eigenvalue weighted by Crippen LogP contribution is -2.68. The van der Waals surface area contributed by atoms with Crippen LogP contribution in [0.5, 0.6) is 5.88 Å². The van der Waals surface area contributed by atoms with Gasteiger partial charge in [0, 0.05) is 25.7 Å². The molecule has 14 heteroatoms. The van der Waals surface area contributed by atoms with Crippen molar-refractivity contribution in [2.45, 2.75) is 50.1 Å². The van der Waals surface area contributed by atoms with E-state index in [2.05, 4.69) is 32.8 Å². The van der Waals surface area contributed by atoms with Crippen molar-refractivity contribution in [3.05, 3.63) is 47.1 Å². The number of nitrogens with zero attached hydrogens (tertiary/aromatic N) is 6. The first-order valence-electron chi connectivity index (χ1n) is 14.1. The van der Waals surface area contributed by atoms with Crippen molar-refractivity contribution in [3.63, 3.8) is 0 Å². The van der Waals surface area contributed by atoms with Crippen molar-refractivity contribution in [1.29, 1.82) is 0 Å². The third-order valence-corrected chi connectivity index (χ3v) is 9.05. The number of alkyl halides is 2. The molecule has 1 N–H and O–H groups in total. The molecule has 0 bridgehead atoms. The van der Waals surface area contributed by atoms with Gasteiger partial charge in [0.2, 0.25) is 11.8 Å². The molecule has 3 aliphatic heterocycles. The molecular weight excluding hydrogens is 582 g/mol. The van der Waals surface area contributed by atoms with Gasteiger partial charge >= 0.3 is 5.97 Å². The number of aromatic nitrogens is 3. The standard InChI is InChI=1S/C29H34F2N6O5S/c1-17-29(15-40-16-29)41-7-6-36(17)22-9-18(13-35(2)3)12-32-26(22)42-19-10-23(27(38)39)37(14-19)28-33-20(24-5-4-8-43-24)11-21(34-28)25(30)31/h4-5,8-9,11-12,17,19,23,25H,6-7,10,13-16H2,1-3H3,(H,38,39)/t17-,19-,23-/m0/s1. The number of hydrogen-bond acceptors (Lipinski definition) is 11. The van der Waals surface area contributed by atoms with Crippen LogP contribution in [0, 0.1) is 0 Å². The highest BCUT2D eigenvalue weighted by Crippen LogP contribution is 2.40. The Morgan fingerprint density at radius 1 is 1.28 bits per heavy atom. The lowest BCUT2D eigenvalue weighted by Gasteiger charge is -2.53. The molecule has 0 amide bonds. The third kappa shape index (κ3) is 5.88. The first-order valence-corrected chi connectivity index (χ1v) is 15.0. The van der Waals surface area contributed by atoms with Gasteiger partial charge in [-0.25, -0.2) is 28.5 Å². The van der Waals surface area contributed by atoms with Crippen LogP contribution in [0.25, 0.3) is 10.6 Å². The Kier molecular flexibility index (Phi) is 8.20. The van der Waals surface area contributed by atoms with E-state index in [4.69, 9.17) is 19.2 Å². The predicted octanol–water partition coefficient (Wildman–Crippen LogP) is 3.70. The van der Waals surface area contributed by atoms with Gasteiger partial charge in [0.15, 0.2) is 0 Å². The summed E-state index contributed by atoms with van der Waals surface area (Å²) >= 11 is 1.36. The number of anilines is 2. The monoisotopic (exact) mass is 616 g/mol.